The van der Waals surface area contributed by atoms with E-state index in [-0.39, 0.29) is 17.4 Å². The summed E-state index contributed by atoms with van der Waals surface area (Å²) in [5, 5.41) is 6.02. The predicted molar refractivity (Wildman–Crippen MR) is 133 cm³/mol. The summed E-state index contributed by atoms with van der Waals surface area (Å²) in [5.74, 6) is -2.29. The van der Waals surface area contributed by atoms with Crippen molar-refractivity contribution in [2.45, 2.75) is 44.2 Å². The summed E-state index contributed by atoms with van der Waals surface area (Å²) in [7, 11) is 5.31. The van der Waals surface area contributed by atoms with E-state index in [2.05, 4.69) is 10.1 Å². The van der Waals surface area contributed by atoms with Crippen LogP contribution in [0, 0.1) is 5.92 Å². The first kappa shape index (κ1) is 27.1. The van der Waals surface area contributed by atoms with Crippen molar-refractivity contribution >= 4 is 35.4 Å². The largest absolute Gasteiger partial charge is 0.496 e. The molecule has 0 N–H and O–H groups in total. The van der Waals surface area contributed by atoms with Crippen LogP contribution in [0.5, 0.6) is 5.75 Å². The van der Waals surface area contributed by atoms with Crippen molar-refractivity contribution in [3.63, 3.8) is 0 Å². The van der Waals surface area contributed by atoms with Crippen LogP contribution in [-0.2, 0) is 29.3 Å². The topological polar surface area (TPSA) is 117 Å². The van der Waals surface area contributed by atoms with E-state index in [1.165, 1.54) is 50.9 Å². The van der Waals surface area contributed by atoms with Gasteiger partial charge in [-0.2, -0.15) is 0 Å². The number of likely N-dealkylation sites (tertiary alicyclic amines) is 1. The van der Waals surface area contributed by atoms with Gasteiger partial charge in [-0.15, -0.1) is 11.3 Å². The summed E-state index contributed by atoms with van der Waals surface area (Å²) in [6.45, 7) is 6.11. The molecule has 1 aliphatic rings. The molecule has 2 aromatic rings. The fourth-order valence-electron chi connectivity index (χ4n) is 4.56. The minimum absolute atomic E-state index is 0.133. The normalized spacial score (nSPS) is 21.9. The summed E-state index contributed by atoms with van der Waals surface area (Å²) in [4.78, 5) is 51.0. The first-order valence-electron chi connectivity index (χ1n) is 11.2. The molecule has 1 aromatic carbocycles. The molecule has 36 heavy (non-hydrogen) atoms. The zero-order chi connectivity index (χ0) is 26.7. The molecule has 1 aliphatic heterocycles. The first-order valence-corrected chi connectivity index (χ1v) is 12.1. The van der Waals surface area contributed by atoms with Crippen molar-refractivity contribution in [3.05, 3.63) is 45.9 Å². The van der Waals surface area contributed by atoms with E-state index in [9.17, 15) is 14.4 Å². The van der Waals surface area contributed by atoms with E-state index < -0.39 is 35.3 Å². The maximum atomic E-state index is 14.2. The number of methoxy groups -OCH3 is 3. The number of carbonyl (C=O) groups excluding carboxylic acids is 3. The molecule has 3 unspecified atom stereocenters. The van der Waals surface area contributed by atoms with E-state index >= 15 is 0 Å². The molecule has 1 aromatic heterocycles. The third-order valence-corrected chi connectivity index (χ3v) is 7.06. The minimum atomic E-state index is -1.76. The van der Waals surface area contributed by atoms with Crippen LogP contribution in [0.1, 0.15) is 54.2 Å². The third kappa shape index (κ3) is 4.79. The summed E-state index contributed by atoms with van der Waals surface area (Å²) >= 11 is 1.26. The van der Waals surface area contributed by atoms with Gasteiger partial charge >= 0.3 is 11.9 Å². The van der Waals surface area contributed by atoms with Crippen molar-refractivity contribution in [2.75, 3.05) is 28.4 Å². The monoisotopic (exact) mass is 517 g/mol. The van der Waals surface area contributed by atoms with Gasteiger partial charge < -0.3 is 23.9 Å². The van der Waals surface area contributed by atoms with E-state index in [1.54, 1.807) is 23.7 Å². The molecule has 1 fully saturated rings. The second-order valence-corrected chi connectivity index (χ2v) is 10.2. The average Bonchev–Trinajstić information content (AvgIpc) is 3.51. The molecule has 0 spiro atoms. The molecule has 194 valence electrons. The van der Waals surface area contributed by atoms with Gasteiger partial charge in [-0.25, -0.2) is 9.78 Å². The average molecular weight is 518 g/mol. The molecule has 10 nitrogen and oxygen atoms in total. The van der Waals surface area contributed by atoms with Crippen LogP contribution >= 0.6 is 11.3 Å². The number of thiazole rings is 1. The number of amides is 1. The number of esters is 2. The first-order chi connectivity index (χ1) is 17.0. The highest BCUT2D eigenvalue weighted by atomic mass is 32.1. The van der Waals surface area contributed by atoms with Gasteiger partial charge in [0, 0.05) is 23.6 Å². The van der Waals surface area contributed by atoms with Crippen molar-refractivity contribution in [3.8, 4) is 5.75 Å². The van der Waals surface area contributed by atoms with Crippen LogP contribution in [0.2, 0.25) is 0 Å². The molecule has 11 heteroatoms. The van der Waals surface area contributed by atoms with Crippen LogP contribution in [0.15, 0.2) is 34.9 Å². The Kier molecular flexibility index (Phi) is 8.02. The molecule has 3 atom stereocenters. The van der Waals surface area contributed by atoms with Crippen LogP contribution in [0.4, 0.5) is 0 Å². The molecule has 1 saturated heterocycles. The molecule has 2 heterocycles. The van der Waals surface area contributed by atoms with Crippen molar-refractivity contribution in [2.24, 2.45) is 11.1 Å². The molecule has 0 saturated carbocycles. The number of carbonyl (C=O) groups is 3. The Balaban J connectivity index is 2.27. The Morgan fingerprint density at radius 2 is 1.89 bits per heavy atom. The molecule has 1 amide bonds. The van der Waals surface area contributed by atoms with Gasteiger partial charge in [-0.05, 0) is 23.1 Å². The molecular weight excluding hydrogens is 486 g/mol. The summed E-state index contributed by atoms with van der Waals surface area (Å²) in [6.07, 6.45) is 2.63. The molecular formula is C25H31N3O7S. The Morgan fingerprint density at radius 3 is 2.42 bits per heavy atom. The Bertz CT molecular complexity index is 1140. The van der Waals surface area contributed by atoms with Gasteiger partial charge in [0.15, 0.2) is 5.54 Å². The zero-order valence-electron chi connectivity index (χ0n) is 21.4. The van der Waals surface area contributed by atoms with Crippen LogP contribution < -0.4 is 4.74 Å². The van der Waals surface area contributed by atoms with Gasteiger partial charge in [0.2, 0.25) is 0 Å². The predicted octanol–water partition coefficient (Wildman–Crippen LogP) is 3.37. The Hall–Kier alpha value is -3.47. The van der Waals surface area contributed by atoms with Crippen LogP contribution in [0.3, 0.4) is 0 Å². The summed E-state index contributed by atoms with van der Waals surface area (Å²) < 4.78 is 15.8. The number of ether oxygens (including phenoxy) is 3. The van der Waals surface area contributed by atoms with Gasteiger partial charge in [-0.3, -0.25) is 9.59 Å². The number of rotatable bonds is 7. The van der Waals surface area contributed by atoms with Gasteiger partial charge in [-0.1, -0.05) is 32.0 Å². The van der Waals surface area contributed by atoms with E-state index in [0.29, 0.717) is 10.8 Å². The summed E-state index contributed by atoms with van der Waals surface area (Å²) in [5.41, 5.74) is -0.827. The number of hydrogen-bond donors (Lipinski definition) is 0. The lowest BCUT2D eigenvalue weighted by molar-refractivity contribution is -0.148. The number of hydrogen-bond acceptors (Lipinski definition) is 10. The van der Waals surface area contributed by atoms with Crippen molar-refractivity contribution in [1.82, 2.24) is 9.88 Å². The van der Waals surface area contributed by atoms with E-state index in [4.69, 9.17) is 19.0 Å². The quantitative estimate of drug-likeness (QED) is 0.312. The molecule has 0 radical (unpaired) electrons. The number of aromatic nitrogens is 1. The highest BCUT2D eigenvalue weighted by Gasteiger charge is 2.62. The third-order valence-electron chi connectivity index (χ3n) is 6.21. The minimum Gasteiger partial charge on any atom is -0.496 e. The van der Waals surface area contributed by atoms with E-state index in [1.807, 2.05) is 26.8 Å². The number of benzene rings is 1. The van der Waals surface area contributed by atoms with Crippen LogP contribution in [0.25, 0.3) is 0 Å². The Morgan fingerprint density at radius 1 is 1.17 bits per heavy atom. The molecule has 0 bridgehead atoms. The number of nitrogens with zero attached hydrogens (tertiary/aromatic N) is 3. The number of oxime groups is 1. The maximum absolute atomic E-state index is 14.2. The smallest absolute Gasteiger partial charge is 0.337 e. The lowest BCUT2D eigenvalue weighted by atomic mass is 9.85. The fraction of sp³-hybridized carbons (Fsp3) is 0.480. The standard InChI is InChI=1S/C25H31N3O7S/c1-24(2,3)17-9-8-15(12-18(17)32-4)21(29)28-19(20-26-10-11-36-20)16(22(30)33-5)13-25(28,14-27-35-7)23(31)34-6/h8-12,14,16,19H,13H2,1-7H3/b27-14+. The van der Waals surface area contributed by atoms with Crippen LogP contribution in [-0.4, -0.2) is 67.9 Å². The van der Waals surface area contributed by atoms with Crippen molar-refractivity contribution < 1.29 is 33.4 Å². The lowest BCUT2D eigenvalue weighted by Gasteiger charge is -2.35. The maximum Gasteiger partial charge on any atom is 0.337 e. The second-order valence-electron chi connectivity index (χ2n) is 9.32. The highest BCUT2D eigenvalue weighted by molar-refractivity contribution is 7.09. The lowest BCUT2D eigenvalue weighted by Crippen LogP contribution is -2.55. The zero-order valence-corrected chi connectivity index (χ0v) is 22.3. The highest BCUT2D eigenvalue weighted by Crippen LogP contribution is 2.49. The second kappa shape index (κ2) is 10.7. The molecule has 0 aliphatic carbocycles. The van der Waals surface area contributed by atoms with Gasteiger partial charge in [0.1, 0.15) is 17.9 Å². The van der Waals surface area contributed by atoms with E-state index in [0.717, 1.165) is 5.56 Å². The van der Waals surface area contributed by atoms with Gasteiger partial charge in [0.05, 0.1) is 39.5 Å². The molecule has 3 rings (SSSR count). The Labute approximate surface area is 214 Å². The SMILES string of the molecule is CO/N=C/C1(C(=O)OC)CC(C(=O)OC)C(c2nccs2)N1C(=O)c1ccc(C(C)(C)C)c(OC)c1. The summed E-state index contributed by atoms with van der Waals surface area (Å²) in [6, 6.07) is 4.20. The van der Waals surface area contributed by atoms with Gasteiger partial charge in [0.25, 0.3) is 5.91 Å². The van der Waals surface area contributed by atoms with Crippen molar-refractivity contribution in [1.29, 1.82) is 0 Å². The fourth-order valence-corrected chi connectivity index (χ4v) is 5.35.